The molecule has 4 aromatic carbocycles. The Morgan fingerprint density at radius 2 is 0.952 bits per heavy atom. The van der Waals surface area contributed by atoms with Gasteiger partial charge in [0.2, 0.25) is 0 Å². The molecular weight excluding hydrogens is 532 g/mol. The van der Waals surface area contributed by atoms with Crippen LogP contribution in [0, 0.1) is 0 Å². The molecule has 5 rings (SSSR count). The van der Waals surface area contributed by atoms with E-state index < -0.39 is 0 Å². The molecule has 0 bridgehead atoms. The third kappa shape index (κ3) is 7.20. The van der Waals surface area contributed by atoms with Crippen molar-refractivity contribution in [2.75, 3.05) is 40.6 Å². The molecule has 1 aliphatic heterocycles. The third-order valence-corrected chi connectivity index (χ3v) is 6.57. The summed E-state index contributed by atoms with van der Waals surface area (Å²) in [6, 6.07) is 31.1. The van der Waals surface area contributed by atoms with Crippen LogP contribution in [0.25, 0.3) is 0 Å². The maximum atomic E-state index is 6.24. The van der Waals surface area contributed by atoms with Crippen LogP contribution in [0.1, 0.15) is 35.1 Å². The van der Waals surface area contributed by atoms with Crippen molar-refractivity contribution in [3.8, 4) is 23.0 Å². The van der Waals surface area contributed by atoms with Crippen molar-refractivity contribution in [1.29, 1.82) is 0 Å². The predicted octanol–water partition coefficient (Wildman–Crippen LogP) is 6.49. The zero-order valence-electron chi connectivity index (χ0n) is 23.8. The second-order valence-corrected chi connectivity index (χ2v) is 9.41. The lowest BCUT2D eigenvalue weighted by molar-refractivity contribution is 0.125. The van der Waals surface area contributed by atoms with E-state index in [9.17, 15) is 0 Å². The molecule has 0 atom stereocenters. The van der Waals surface area contributed by atoms with E-state index in [1.165, 1.54) is 0 Å². The van der Waals surface area contributed by atoms with Crippen molar-refractivity contribution in [3.05, 3.63) is 119 Å². The number of methoxy groups -OCH3 is 2. The summed E-state index contributed by atoms with van der Waals surface area (Å²) in [4.78, 5) is 11.7. The Kier molecular flexibility index (Phi) is 9.92. The average molecular weight is 567 g/mol. The SMILES string of the molecule is COc1ccc2c(c1)OCCCO/N=C(/c1ccccc1)c1ccc(OC)cc1OCCCO/N=C\2c1ccccc1. The first kappa shape index (κ1) is 28.5. The quantitative estimate of drug-likeness (QED) is 0.281. The largest absolute Gasteiger partial charge is 0.497 e. The van der Waals surface area contributed by atoms with Crippen LogP contribution in [0.4, 0.5) is 0 Å². The van der Waals surface area contributed by atoms with Gasteiger partial charge in [-0.3, -0.25) is 0 Å². The summed E-state index contributed by atoms with van der Waals surface area (Å²) in [5, 5.41) is 9.11. The van der Waals surface area contributed by atoms with Crippen molar-refractivity contribution in [2.24, 2.45) is 10.3 Å². The Hall–Kier alpha value is -4.98. The average Bonchev–Trinajstić information content (AvgIpc) is 3.05. The third-order valence-electron chi connectivity index (χ3n) is 6.57. The van der Waals surface area contributed by atoms with Crippen LogP contribution in [-0.2, 0) is 9.68 Å². The molecule has 0 unspecified atom stereocenters. The molecule has 0 spiro atoms. The van der Waals surface area contributed by atoms with Gasteiger partial charge in [0.1, 0.15) is 47.6 Å². The minimum Gasteiger partial charge on any atom is -0.497 e. The molecule has 8 nitrogen and oxygen atoms in total. The van der Waals surface area contributed by atoms with Gasteiger partial charge in [0.05, 0.1) is 27.4 Å². The van der Waals surface area contributed by atoms with Crippen LogP contribution >= 0.6 is 0 Å². The standard InChI is InChI=1S/C34H34N2O6/c1-37-27-15-17-29-31(23-27)39-19-9-21-42-36-34(26-13-7-4-8-14-26)30-18-16-28(38-2)24-32(30)40-20-10-22-41-35-33(29)25-11-5-3-6-12-25/h3-8,11-18,23-24H,9-10,19-22H2,1-2H3/b35-33-,36-34-. The van der Waals surface area contributed by atoms with Crippen molar-refractivity contribution in [2.45, 2.75) is 12.8 Å². The molecule has 0 saturated carbocycles. The fourth-order valence-corrected chi connectivity index (χ4v) is 4.43. The Balaban J connectivity index is 1.46. The highest BCUT2D eigenvalue weighted by Crippen LogP contribution is 2.30. The molecule has 1 aliphatic rings. The number of hydrogen-bond acceptors (Lipinski definition) is 8. The second kappa shape index (κ2) is 14.6. The Morgan fingerprint density at radius 3 is 1.36 bits per heavy atom. The van der Waals surface area contributed by atoms with Gasteiger partial charge in [-0.25, -0.2) is 0 Å². The smallest absolute Gasteiger partial charge is 0.132 e. The van der Waals surface area contributed by atoms with Crippen LogP contribution in [0.2, 0.25) is 0 Å². The second-order valence-electron chi connectivity index (χ2n) is 9.41. The molecule has 8 heteroatoms. The Bertz CT molecular complexity index is 1390. The number of rotatable bonds is 4. The van der Waals surface area contributed by atoms with E-state index in [1.54, 1.807) is 14.2 Å². The molecular formula is C34H34N2O6. The summed E-state index contributed by atoms with van der Waals surface area (Å²) in [5.41, 5.74) is 4.74. The molecule has 4 aromatic rings. The highest BCUT2D eigenvalue weighted by molar-refractivity contribution is 6.15. The number of oxime groups is 2. The Labute approximate surface area is 246 Å². The monoisotopic (exact) mass is 566 g/mol. The molecule has 0 fully saturated rings. The van der Waals surface area contributed by atoms with E-state index in [4.69, 9.17) is 28.6 Å². The van der Waals surface area contributed by atoms with E-state index >= 15 is 0 Å². The number of fused-ring (bicyclic) bond motifs is 2. The first-order valence-electron chi connectivity index (χ1n) is 13.9. The number of nitrogens with zero attached hydrogens (tertiary/aromatic N) is 2. The highest BCUT2D eigenvalue weighted by Gasteiger charge is 2.17. The fourth-order valence-electron chi connectivity index (χ4n) is 4.43. The fraction of sp³-hybridized carbons (Fsp3) is 0.235. The summed E-state index contributed by atoms with van der Waals surface area (Å²) in [6.07, 6.45) is 1.20. The van der Waals surface area contributed by atoms with E-state index in [1.807, 2.05) is 97.1 Å². The molecule has 0 aromatic heterocycles. The summed E-state index contributed by atoms with van der Waals surface area (Å²) >= 11 is 0. The molecule has 0 N–H and O–H groups in total. The van der Waals surface area contributed by atoms with E-state index in [0.29, 0.717) is 73.7 Å². The normalized spacial score (nSPS) is 16.9. The van der Waals surface area contributed by atoms with Gasteiger partial charge in [0.15, 0.2) is 0 Å². The summed E-state index contributed by atoms with van der Waals surface area (Å²) < 4.78 is 23.4. The van der Waals surface area contributed by atoms with Gasteiger partial charge < -0.3 is 28.6 Å². The minimum atomic E-state index is 0.352. The summed E-state index contributed by atoms with van der Waals surface area (Å²) in [5.74, 6) is 2.65. The van der Waals surface area contributed by atoms with Crippen molar-refractivity contribution in [1.82, 2.24) is 0 Å². The molecule has 0 aliphatic carbocycles. The lowest BCUT2D eigenvalue weighted by Crippen LogP contribution is -2.12. The van der Waals surface area contributed by atoms with Crippen LogP contribution in [0.3, 0.4) is 0 Å². The van der Waals surface area contributed by atoms with Crippen molar-refractivity contribution >= 4 is 11.4 Å². The molecule has 0 saturated heterocycles. The van der Waals surface area contributed by atoms with Gasteiger partial charge in [0, 0.05) is 47.2 Å². The van der Waals surface area contributed by atoms with Gasteiger partial charge in [-0.15, -0.1) is 0 Å². The lowest BCUT2D eigenvalue weighted by Gasteiger charge is -2.16. The molecule has 1 heterocycles. The van der Waals surface area contributed by atoms with Crippen molar-refractivity contribution in [3.63, 3.8) is 0 Å². The predicted molar refractivity (Wildman–Crippen MR) is 162 cm³/mol. The van der Waals surface area contributed by atoms with Gasteiger partial charge in [-0.2, -0.15) is 0 Å². The number of ether oxygens (including phenoxy) is 4. The van der Waals surface area contributed by atoms with Crippen LogP contribution < -0.4 is 18.9 Å². The van der Waals surface area contributed by atoms with Crippen molar-refractivity contribution < 1.29 is 28.6 Å². The van der Waals surface area contributed by atoms with Gasteiger partial charge in [-0.1, -0.05) is 71.0 Å². The summed E-state index contributed by atoms with van der Waals surface area (Å²) in [7, 11) is 3.26. The zero-order chi connectivity index (χ0) is 29.0. The van der Waals surface area contributed by atoms with Gasteiger partial charge in [0.25, 0.3) is 0 Å². The van der Waals surface area contributed by atoms with Gasteiger partial charge in [-0.05, 0) is 24.3 Å². The van der Waals surface area contributed by atoms with E-state index in [2.05, 4.69) is 10.3 Å². The molecule has 216 valence electrons. The topological polar surface area (TPSA) is 80.1 Å². The lowest BCUT2D eigenvalue weighted by atomic mass is 10.0. The van der Waals surface area contributed by atoms with Crippen LogP contribution in [-0.4, -0.2) is 52.1 Å². The van der Waals surface area contributed by atoms with Gasteiger partial charge >= 0.3 is 0 Å². The van der Waals surface area contributed by atoms with Crippen LogP contribution in [0.15, 0.2) is 107 Å². The summed E-state index contributed by atoms with van der Waals surface area (Å²) in [6.45, 7) is 1.50. The number of benzene rings is 4. The van der Waals surface area contributed by atoms with Crippen LogP contribution in [0.5, 0.6) is 23.0 Å². The first-order chi connectivity index (χ1) is 20.8. The highest BCUT2D eigenvalue weighted by atomic mass is 16.6. The zero-order valence-corrected chi connectivity index (χ0v) is 23.8. The molecule has 0 amide bonds. The maximum Gasteiger partial charge on any atom is 0.132 e. The molecule has 0 radical (unpaired) electrons. The first-order valence-corrected chi connectivity index (χ1v) is 13.9. The molecule has 42 heavy (non-hydrogen) atoms. The number of hydrogen-bond donors (Lipinski definition) is 0. The van der Waals surface area contributed by atoms with E-state index in [0.717, 1.165) is 22.3 Å². The Morgan fingerprint density at radius 1 is 0.524 bits per heavy atom. The van der Waals surface area contributed by atoms with E-state index in [-0.39, 0.29) is 0 Å². The maximum absolute atomic E-state index is 6.24. The minimum absolute atomic E-state index is 0.352.